The smallest absolute Gasteiger partial charge is 0.328 e. The van der Waals surface area contributed by atoms with E-state index in [9.17, 15) is 19.7 Å². The Labute approximate surface area is 157 Å². The van der Waals surface area contributed by atoms with Crippen molar-refractivity contribution in [3.63, 3.8) is 0 Å². The summed E-state index contributed by atoms with van der Waals surface area (Å²) in [6.07, 6.45) is 0.254. The van der Waals surface area contributed by atoms with Crippen LogP contribution < -0.4 is 5.32 Å². The molecule has 0 spiro atoms. The minimum Gasteiger partial charge on any atom is -0.467 e. The number of ether oxygens (including phenoxy) is 1. The number of hydrogen-bond donors (Lipinski definition) is 1. The van der Waals surface area contributed by atoms with Crippen LogP contribution in [0.1, 0.15) is 15.9 Å². The van der Waals surface area contributed by atoms with Crippen molar-refractivity contribution in [3.05, 3.63) is 73.3 Å². The minimum absolute atomic E-state index is 0.103. The summed E-state index contributed by atoms with van der Waals surface area (Å²) in [5.74, 6) is -1.16. The molecular formula is C17H15IN2O5. The van der Waals surface area contributed by atoms with Gasteiger partial charge in [-0.3, -0.25) is 14.9 Å². The number of amides is 1. The maximum atomic E-state index is 12.4. The van der Waals surface area contributed by atoms with E-state index in [0.717, 1.165) is 15.2 Å². The Balaban J connectivity index is 2.17. The molecule has 0 fully saturated rings. The van der Waals surface area contributed by atoms with Crippen LogP contribution in [0, 0.1) is 13.7 Å². The van der Waals surface area contributed by atoms with Gasteiger partial charge in [0.25, 0.3) is 11.6 Å². The zero-order valence-corrected chi connectivity index (χ0v) is 15.4. The molecule has 2 aromatic rings. The van der Waals surface area contributed by atoms with Crippen LogP contribution in [-0.2, 0) is 16.0 Å². The minimum atomic E-state index is -0.892. The molecule has 2 aromatic carbocycles. The molecule has 0 aromatic heterocycles. The molecule has 7 nitrogen and oxygen atoms in total. The summed E-state index contributed by atoms with van der Waals surface area (Å²) < 4.78 is 5.80. The number of nitro benzene ring substituents is 1. The van der Waals surface area contributed by atoms with E-state index < -0.39 is 22.8 Å². The van der Waals surface area contributed by atoms with Gasteiger partial charge in [0.15, 0.2) is 0 Å². The highest BCUT2D eigenvalue weighted by Gasteiger charge is 2.23. The van der Waals surface area contributed by atoms with Crippen LogP contribution in [0.5, 0.6) is 0 Å². The second-order valence-electron chi connectivity index (χ2n) is 5.19. The number of nitro groups is 1. The van der Waals surface area contributed by atoms with Crippen molar-refractivity contribution in [1.82, 2.24) is 5.32 Å². The van der Waals surface area contributed by atoms with Crippen LogP contribution in [0.4, 0.5) is 5.69 Å². The van der Waals surface area contributed by atoms with Crippen LogP contribution in [0.25, 0.3) is 0 Å². The Bertz CT molecular complexity index is 792. The average Bonchev–Trinajstić information content (AvgIpc) is 2.62. The first-order valence-electron chi connectivity index (χ1n) is 7.28. The maximum absolute atomic E-state index is 12.4. The van der Waals surface area contributed by atoms with Crippen LogP contribution in [-0.4, -0.2) is 30.0 Å². The second kappa shape index (κ2) is 8.56. The lowest BCUT2D eigenvalue weighted by molar-refractivity contribution is -0.384. The summed E-state index contributed by atoms with van der Waals surface area (Å²) >= 11 is 2.17. The van der Waals surface area contributed by atoms with Gasteiger partial charge in [0, 0.05) is 27.7 Å². The van der Waals surface area contributed by atoms with E-state index in [1.165, 1.54) is 25.3 Å². The SMILES string of the molecule is COC(=O)[C@H](Cc1ccc(I)cc1)NC(=O)c1cccc([N+](=O)[O-])c1. The van der Waals surface area contributed by atoms with Crippen LogP contribution >= 0.6 is 22.6 Å². The molecule has 0 bridgehead atoms. The highest BCUT2D eigenvalue weighted by Crippen LogP contribution is 2.14. The molecule has 130 valence electrons. The molecule has 0 aliphatic heterocycles. The molecule has 0 radical (unpaired) electrons. The number of carbonyl (C=O) groups excluding carboxylic acids is 2. The predicted octanol–water partition coefficient (Wildman–Crippen LogP) is 2.71. The Kier molecular flexibility index (Phi) is 6.45. The van der Waals surface area contributed by atoms with Gasteiger partial charge in [-0.2, -0.15) is 0 Å². The number of methoxy groups -OCH3 is 1. The van der Waals surface area contributed by atoms with E-state index in [0.29, 0.717) is 0 Å². The van der Waals surface area contributed by atoms with Crippen LogP contribution in [0.2, 0.25) is 0 Å². The van der Waals surface area contributed by atoms with Gasteiger partial charge in [0.1, 0.15) is 6.04 Å². The van der Waals surface area contributed by atoms with E-state index in [2.05, 4.69) is 27.9 Å². The van der Waals surface area contributed by atoms with E-state index in [-0.39, 0.29) is 17.7 Å². The van der Waals surface area contributed by atoms with Crippen molar-refractivity contribution in [1.29, 1.82) is 0 Å². The molecule has 0 heterocycles. The van der Waals surface area contributed by atoms with Gasteiger partial charge < -0.3 is 10.1 Å². The molecule has 8 heteroatoms. The standard InChI is InChI=1S/C17H15IN2O5/c1-25-17(22)15(9-11-5-7-13(18)8-6-11)19-16(21)12-3-2-4-14(10-12)20(23)24/h2-8,10,15H,9H2,1H3,(H,19,21)/t15-/m0/s1. The van der Waals surface area contributed by atoms with E-state index in [1.807, 2.05) is 24.3 Å². The summed E-state index contributed by atoms with van der Waals surface area (Å²) in [6, 6.07) is 11.9. The van der Waals surface area contributed by atoms with Crippen molar-refractivity contribution in [2.45, 2.75) is 12.5 Å². The van der Waals surface area contributed by atoms with Crippen molar-refractivity contribution in [2.75, 3.05) is 7.11 Å². The number of halogens is 1. The Morgan fingerprint density at radius 3 is 2.52 bits per heavy atom. The fraction of sp³-hybridized carbons (Fsp3) is 0.176. The largest absolute Gasteiger partial charge is 0.467 e. The Morgan fingerprint density at radius 2 is 1.92 bits per heavy atom. The second-order valence-corrected chi connectivity index (χ2v) is 6.43. The summed E-state index contributed by atoms with van der Waals surface area (Å²) in [4.78, 5) is 34.6. The topological polar surface area (TPSA) is 98.5 Å². The van der Waals surface area contributed by atoms with Gasteiger partial charge >= 0.3 is 5.97 Å². The lowest BCUT2D eigenvalue weighted by Crippen LogP contribution is -2.43. The van der Waals surface area contributed by atoms with Crippen molar-refractivity contribution >= 4 is 40.2 Å². The quantitative estimate of drug-likeness (QED) is 0.313. The third-order valence-electron chi connectivity index (χ3n) is 3.46. The fourth-order valence-corrected chi connectivity index (χ4v) is 2.55. The van der Waals surface area contributed by atoms with Gasteiger partial charge in [-0.15, -0.1) is 0 Å². The molecule has 25 heavy (non-hydrogen) atoms. The van der Waals surface area contributed by atoms with E-state index in [1.54, 1.807) is 0 Å². The number of rotatable bonds is 6. The summed E-state index contributed by atoms with van der Waals surface area (Å²) in [5, 5.41) is 13.4. The Morgan fingerprint density at radius 1 is 1.24 bits per heavy atom. The zero-order valence-electron chi connectivity index (χ0n) is 13.3. The summed E-state index contributed by atoms with van der Waals surface area (Å²) in [7, 11) is 1.24. The van der Waals surface area contributed by atoms with Crippen LogP contribution in [0.3, 0.4) is 0 Å². The van der Waals surface area contributed by atoms with Gasteiger partial charge in [-0.25, -0.2) is 4.79 Å². The molecule has 0 aliphatic carbocycles. The van der Waals surface area contributed by atoms with Crippen molar-refractivity contribution in [3.8, 4) is 0 Å². The number of carbonyl (C=O) groups is 2. The van der Waals surface area contributed by atoms with Gasteiger partial charge in [0.05, 0.1) is 12.0 Å². The molecule has 0 aliphatic rings. The van der Waals surface area contributed by atoms with Crippen LogP contribution in [0.15, 0.2) is 48.5 Å². The normalized spacial score (nSPS) is 11.4. The monoisotopic (exact) mass is 454 g/mol. The number of nitrogens with one attached hydrogen (secondary N) is 1. The molecule has 0 unspecified atom stereocenters. The fourth-order valence-electron chi connectivity index (χ4n) is 2.19. The van der Waals surface area contributed by atoms with Gasteiger partial charge in [0.2, 0.25) is 0 Å². The van der Waals surface area contributed by atoms with E-state index in [4.69, 9.17) is 4.74 Å². The Hall–Kier alpha value is -2.49. The lowest BCUT2D eigenvalue weighted by atomic mass is 10.1. The number of hydrogen-bond acceptors (Lipinski definition) is 5. The summed E-state index contributed by atoms with van der Waals surface area (Å²) in [6.45, 7) is 0. The summed E-state index contributed by atoms with van der Waals surface area (Å²) in [5.41, 5.74) is 0.765. The molecule has 1 N–H and O–H groups in total. The van der Waals surface area contributed by atoms with Gasteiger partial charge in [-0.1, -0.05) is 18.2 Å². The first-order valence-corrected chi connectivity index (χ1v) is 8.36. The molecule has 2 rings (SSSR count). The average molecular weight is 454 g/mol. The third-order valence-corrected chi connectivity index (χ3v) is 4.18. The highest BCUT2D eigenvalue weighted by molar-refractivity contribution is 14.1. The lowest BCUT2D eigenvalue weighted by Gasteiger charge is -2.16. The molecular weight excluding hydrogens is 439 g/mol. The van der Waals surface area contributed by atoms with E-state index >= 15 is 0 Å². The van der Waals surface area contributed by atoms with Crippen molar-refractivity contribution < 1.29 is 19.2 Å². The molecule has 1 amide bonds. The molecule has 0 saturated heterocycles. The number of esters is 1. The molecule has 1 atom stereocenters. The zero-order chi connectivity index (χ0) is 18.4. The predicted molar refractivity (Wildman–Crippen MR) is 99.2 cm³/mol. The number of benzene rings is 2. The first-order chi connectivity index (χ1) is 11.9. The maximum Gasteiger partial charge on any atom is 0.328 e. The number of nitrogens with zero attached hydrogens (tertiary/aromatic N) is 1. The van der Waals surface area contributed by atoms with Gasteiger partial charge in [-0.05, 0) is 46.4 Å². The molecule has 0 saturated carbocycles. The van der Waals surface area contributed by atoms with Crippen molar-refractivity contribution in [2.24, 2.45) is 0 Å². The first kappa shape index (κ1) is 18.8. The number of non-ortho nitro benzene ring substituents is 1. The third kappa shape index (κ3) is 5.24. The highest BCUT2D eigenvalue weighted by atomic mass is 127.